The summed E-state index contributed by atoms with van der Waals surface area (Å²) in [6, 6.07) is 15.6. The van der Waals surface area contributed by atoms with E-state index in [2.05, 4.69) is 12.2 Å². The van der Waals surface area contributed by atoms with Gasteiger partial charge < -0.3 is 10.2 Å². The van der Waals surface area contributed by atoms with Gasteiger partial charge >= 0.3 is 0 Å². The first-order chi connectivity index (χ1) is 13.0. The van der Waals surface area contributed by atoms with E-state index >= 15 is 0 Å². The molecule has 1 saturated heterocycles. The Morgan fingerprint density at radius 1 is 1.15 bits per heavy atom. The number of rotatable bonds is 7. The number of nitrogens with zero attached hydrogens (tertiary/aromatic N) is 1. The van der Waals surface area contributed by atoms with E-state index in [4.69, 9.17) is 0 Å². The van der Waals surface area contributed by atoms with Crippen LogP contribution in [0.1, 0.15) is 35.7 Å². The Labute approximate surface area is 161 Å². The van der Waals surface area contributed by atoms with Crippen LogP contribution in [0.25, 0.3) is 0 Å². The molecule has 2 aromatic carbocycles. The van der Waals surface area contributed by atoms with Crippen molar-refractivity contribution >= 4 is 15.7 Å². The van der Waals surface area contributed by atoms with Crippen molar-refractivity contribution in [2.45, 2.75) is 36.5 Å². The lowest BCUT2D eigenvalue weighted by Crippen LogP contribution is -2.42. The van der Waals surface area contributed by atoms with E-state index in [9.17, 15) is 13.2 Å². The van der Waals surface area contributed by atoms with Crippen LogP contribution in [0.2, 0.25) is 0 Å². The molecule has 6 heteroatoms. The molecule has 1 atom stereocenters. The summed E-state index contributed by atoms with van der Waals surface area (Å²) >= 11 is 0. The molecule has 1 aliphatic heterocycles. The van der Waals surface area contributed by atoms with Crippen LogP contribution in [0.4, 0.5) is 0 Å². The van der Waals surface area contributed by atoms with Crippen molar-refractivity contribution < 1.29 is 13.2 Å². The molecule has 1 amide bonds. The van der Waals surface area contributed by atoms with Crippen molar-refractivity contribution in [3.63, 3.8) is 0 Å². The molecule has 2 aromatic rings. The number of hydrogen-bond donors (Lipinski definition) is 1. The van der Waals surface area contributed by atoms with Crippen LogP contribution in [0.15, 0.2) is 59.5 Å². The van der Waals surface area contributed by atoms with Gasteiger partial charge in [0, 0.05) is 24.7 Å². The summed E-state index contributed by atoms with van der Waals surface area (Å²) in [7, 11) is -3.44. The average Bonchev–Trinajstić information content (AvgIpc) is 3.20. The van der Waals surface area contributed by atoms with E-state index in [-0.39, 0.29) is 17.7 Å². The van der Waals surface area contributed by atoms with Crippen LogP contribution in [-0.2, 0) is 15.6 Å². The first-order valence-corrected chi connectivity index (χ1v) is 11.0. The first kappa shape index (κ1) is 19.6. The Hall–Kier alpha value is -2.18. The molecule has 0 bridgehead atoms. The van der Waals surface area contributed by atoms with Gasteiger partial charge in [-0.1, -0.05) is 37.3 Å². The maximum absolute atomic E-state index is 13.1. The number of hydrogen-bond acceptors (Lipinski definition) is 4. The molecule has 27 heavy (non-hydrogen) atoms. The lowest BCUT2D eigenvalue weighted by molar-refractivity contribution is 0.0692. The first-order valence-electron chi connectivity index (χ1n) is 9.39. The Morgan fingerprint density at radius 2 is 1.93 bits per heavy atom. The summed E-state index contributed by atoms with van der Waals surface area (Å²) in [5.74, 6) is -0.138. The summed E-state index contributed by atoms with van der Waals surface area (Å²) < 4.78 is 25.2. The fourth-order valence-electron chi connectivity index (χ4n) is 3.49. The van der Waals surface area contributed by atoms with Crippen LogP contribution in [0, 0.1) is 0 Å². The Morgan fingerprint density at radius 3 is 2.59 bits per heavy atom. The quantitative estimate of drug-likeness (QED) is 0.795. The molecule has 0 aliphatic carbocycles. The molecule has 1 heterocycles. The minimum absolute atomic E-state index is 0.0236. The molecule has 0 saturated carbocycles. The van der Waals surface area contributed by atoms with Gasteiger partial charge in [-0.05, 0) is 49.2 Å². The molecule has 1 N–H and O–H groups in total. The van der Waals surface area contributed by atoms with E-state index in [1.165, 1.54) is 0 Å². The highest BCUT2D eigenvalue weighted by molar-refractivity contribution is 7.90. The molecule has 1 fully saturated rings. The summed E-state index contributed by atoms with van der Waals surface area (Å²) in [6.45, 7) is 4.50. The molecular weight excluding hydrogens is 360 g/mol. The summed E-state index contributed by atoms with van der Waals surface area (Å²) in [4.78, 5) is 15.3. The van der Waals surface area contributed by atoms with Crippen molar-refractivity contribution in [1.29, 1.82) is 0 Å². The van der Waals surface area contributed by atoms with Gasteiger partial charge in [0.15, 0.2) is 9.84 Å². The van der Waals surface area contributed by atoms with E-state index in [0.29, 0.717) is 22.6 Å². The van der Waals surface area contributed by atoms with E-state index in [1.807, 2.05) is 4.90 Å². The van der Waals surface area contributed by atoms with Crippen LogP contribution in [0.3, 0.4) is 0 Å². The second kappa shape index (κ2) is 8.67. The zero-order valence-corrected chi connectivity index (χ0v) is 16.4. The molecule has 144 valence electrons. The lowest BCUT2D eigenvalue weighted by atomic mass is 10.1. The van der Waals surface area contributed by atoms with Gasteiger partial charge in [-0.3, -0.25) is 4.79 Å². The van der Waals surface area contributed by atoms with Crippen molar-refractivity contribution in [2.75, 3.05) is 19.6 Å². The third-order valence-electron chi connectivity index (χ3n) is 4.83. The summed E-state index contributed by atoms with van der Waals surface area (Å²) in [5.41, 5.74) is 1.18. The molecule has 1 aliphatic rings. The van der Waals surface area contributed by atoms with Crippen molar-refractivity contribution in [2.24, 2.45) is 0 Å². The topological polar surface area (TPSA) is 66.5 Å². The lowest BCUT2D eigenvalue weighted by Gasteiger charge is -2.28. The average molecular weight is 387 g/mol. The van der Waals surface area contributed by atoms with Gasteiger partial charge in [-0.2, -0.15) is 0 Å². The smallest absolute Gasteiger partial charge is 0.254 e. The van der Waals surface area contributed by atoms with Gasteiger partial charge in [0.2, 0.25) is 0 Å². The zero-order valence-electron chi connectivity index (χ0n) is 15.6. The third-order valence-corrected chi connectivity index (χ3v) is 6.54. The van der Waals surface area contributed by atoms with Gasteiger partial charge in [0.1, 0.15) is 0 Å². The highest BCUT2D eigenvalue weighted by Crippen LogP contribution is 2.19. The molecule has 0 radical (unpaired) electrons. The fourth-order valence-corrected chi connectivity index (χ4v) is 4.84. The molecule has 3 rings (SSSR count). The van der Waals surface area contributed by atoms with Gasteiger partial charge in [-0.15, -0.1) is 0 Å². The Kier molecular flexibility index (Phi) is 6.29. The minimum Gasteiger partial charge on any atom is -0.334 e. The normalized spacial score (nSPS) is 17.0. The second-order valence-electron chi connectivity index (χ2n) is 6.92. The Bertz CT molecular complexity index is 875. The number of sulfone groups is 1. The van der Waals surface area contributed by atoms with E-state index in [0.717, 1.165) is 25.9 Å². The number of benzene rings is 2. The largest absolute Gasteiger partial charge is 0.334 e. The predicted molar refractivity (Wildman–Crippen MR) is 106 cm³/mol. The Balaban J connectivity index is 1.81. The number of carbonyl (C=O) groups is 1. The maximum Gasteiger partial charge on any atom is 0.254 e. The highest BCUT2D eigenvalue weighted by Gasteiger charge is 2.27. The van der Waals surface area contributed by atoms with Crippen molar-refractivity contribution in [3.05, 3.63) is 65.7 Å². The second-order valence-corrected chi connectivity index (χ2v) is 8.91. The SMILES string of the molecule is CCCN(C(=O)c1cccc(CS(=O)(=O)c2ccccc2)c1)C1CCNC1. The minimum atomic E-state index is -3.44. The van der Waals surface area contributed by atoms with Gasteiger partial charge in [-0.25, -0.2) is 8.42 Å². The highest BCUT2D eigenvalue weighted by atomic mass is 32.2. The number of carbonyl (C=O) groups excluding carboxylic acids is 1. The molecule has 0 aromatic heterocycles. The van der Waals surface area contributed by atoms with Crippen LogP contribution in [0.5, 0.6) is 0 Å². The van der Waals surface area contributed by atoms with Crippen molar-refractivity contribution in [3.8, 4) is 0 Å². The third kappa shape index (κ3) is 4.76. The predicted octanol–water partition coefficient (Wildman–Crippen LogP) is 2.87. The van der Waals surface area contributed by atoms with Crippen LogP contribution < -0.4 is 5.32 Å². The van der Waals surface area contributed by atoms with E-state index in [1.54, 1.807) is 54.6 Å². The summed E-state index contributed by atoms with van der Waals surface area (Å²) in [6.07, 6.45) is 1.85. The van der Waals surface area contributed by atoms with E-state index < -0.39 is 9.84 Å². The van der Waals surface area contributed by atoms with Gasteiger partial charge in [0.05, 0.1) is 10.6 Å². The molecule has 0 spiro atoms. The van der Waals surface area contributed by atoms with Crippen LogP contribution >= 0.6 is 0 Å². The zero-order chi connectivity index (χ0) is 19.3. The van der Waals surface area contributed by atoms with Gasteiger partial charge in [0.25, 0.3) is 5.91 Å². The van der Waals surface area contributed by atoms with Crippen LogP contribution in [-0.4, -0.2) is 44.9 Å². The molecule has 5 nitrogen and oxygen atoms in total. The monoisotopic (exact) mass is 386 g/mol. The molecular formula is C21H26N2O3S. The number of amides is 1. The number of nitrogens with one attached hydrogen (secondary N) is 1. The molecule has 1 unspecified atom stereocenters. The summed E-state index contributed by atoms with van der Waals surface area (Å²) in [5, 5.41) is 3.30. The fraction of sp³-hybridized carbons (Fsp3) is 0.381. The standard InChI is InChI=1S/C21H26N2O3S/c1-2-13-23(19-11-12-22-15-19)21(24)18-8-6-7-17(14-18)16-27(25,26)20-9-4-3-5-10-20/h3-10,14,19,22H,2,11-13,15-16H2,1H3. The maximum atomic E-state index is 13.1. The van der Waals surface area contributed by atoms with Crippen molar-refractivity contribution in [1.82, 2.24) is 10.2 Å².